The van der Waals surface area contributed by atoms with Crippen LogP contribution in [-0.4, -0.2) is 29.3 Å². The largest absolute Gasteiger partial charge is 0.393 e. The first-order valence-corrected chi connectivity index (χ1v) is 5.59. The summed E-state index contributed by atoms with van der Waals surface area (Å²) in [6.07, 6.45) is 4.03. The standard InChI is InChI=1S/C11H15ClN2O/c1-8-7-14(5-3-11(8)15)10-2-4-13-6-9(10)12/h2,4,6,8,11,15H,3,5,7H2,1H3. The highest BCUT2D eigenvalue weighted by atomic mass is 35.5. The first-order chi connectivity index (χ1) is 7.18. The molecule has 1 aliphatic heterocycles. The normalized spacial score (nSPS) is 26.7. The Morgan fingerprint density at radius 2 is 2.40 bits per heavy atom. The van der Waals surface area contributed by atoms with E-state index >= 15 is 0 Å². The van der Waals surface area contributed by atoms with Crippen LogP contribution < -0.4 is 4.90 Å². The van der Waals surface area contributed by atoms with Gasteiger partial charge in [-0.3, -0.25) is 4.98 Å². The van der Waals surface area contributed by atoms with Gasteiger partial charge in [-0.05, 0) is 18.4 Å². The molecule has 15 heavy (non-hydrogen) atoms. The van der Waals surface area contributed by atoms with Crippen LogP contribution in [0.2, 0.25) is 5.02 Å². The van der Waals surface area contributed by atoms with Crippen molar-refractivity contribution in [2.45, 2.75) is 19.4 Å². The molecule has 1 aromatic heterocycles. The van der Waals surface area contributed by atoms with Crippen molar-refractivity contribution in [1.82, 2.24) is 4.98 Å². The first-order valence-electron chi connectivity index (χ1n) is 5.21. The fraction of sp³-hybridized carbons (Fsp3) is 0.545. The second-order valence-electron chi connectivity index (χ2n) is 4.11. The molecule has 2 heterocycles. The van der Waals surface area contributed by atoms with E-state index in [0.29, 0.717) is 10.9 Å². The summed E-state index contributed by atoms with van der Waals surface area (Å²) < 4.78 is 0. The van der Waals surface area contributed by atoms with Crippen molar-refractivity contribution in [3.63, 3.8) is 0 Å². The number of aliphatic hydroxyl groups excluding tert-OH is 1. The fourth-order valence-corrected chi connectivity index (χ4v) is 2.22. The van der Waals surface area contributed by atoms with Crippen LogP contribution in [-0.2, 0) is 0 Å². The van der Waals surface area contributed by atoms with Crippen molar-refractivity contribution in [3.05, 3.63) is 23.5 Å². The molecule has 0 radical (unpaired) electrons. The van der Waals surface area contributed by atoms with Crippen LogP contribution in [0.15, 0.2) is 18.5 Å². The average molecular weight is 227 g/mol. The van der Waals surface area contributed by atoms with E-state index in [2.05, 4.69) is 16.8 Å². The van der Waals surface area contributed by atoms with E-state index in [1.165, 1.54) is 0 Å². The zero-order chi connectivity index (χ0) is 10.8. The third kappa shape index (κ3) is 2.24. The van der Waals surface area contributed by atoms with E-state index in [9.17, 15) is 5.11 Å². The number of pyridine rings is 1. The van der Waals surface area contributed by atoms with Crippen LogP contribution in [0, 0.1) is 5.92 Å². The van der Waals surface area contributed by atoms with Gasteiger partial charge in [0.25, 0.3) is 0 Å². The summed E-state index contributed by atoms with van der Waals surface area (Å²) in [5.74, 6) is 0.294. The zero-order valence-electron chi connectivity index (χ0n) is 8.73. The quantitative estimate of drug-likeness (QED) is 0.795. The molecule has 2 unspecified atom stereocenters. The Bertz CT molecular complexity index is 345. The zero-order valence-corrected chi connectivity index (χ0v) is 9.48. The predicted octanol–water partition coefficient (Wildman–Crippen LogP) is 1.94. The monoisotopic (exact) mass is 226 g/mol. The van der Waals surface area contributed by atoms with E-state index in [4.69, 9.17) is 11.6 Å². The maximum Gasteiger partial charge on any atom is 0.0822 e. The number of aromatic nitrogens is 1. The van der Waals surface area contributed by atoms with E-state index in [1.807, 2.05) is 6.07 Å². The van der Waals surface area contributed by atoms with Gasteiger partial charge in [0.2, 0.25) is 0 Å². The molecule has 4 heteroatoms. The Hall–Kier alpha value is -0.800. The van der Waals surface area contributed by atoms with Crippen LogP contribution in [0.4, 0.5) is 5.69 Å². The van der Waals surface area contributed by atoms with E-state index in [0.717, 1.165) is 25.2 Å². The van der Waals surface area contributed by atoms with Crippen molar-refractivity contribution in [2.24, 2.45) is 5.92 Å². The van der Waals surface area contributed by atoms with Crippen LogP contribution in [0.3, 0.4) is 0 Å². The molecule has 0 amide bonds. The first kappa shape index (κ1) is 10.7. The Labute approximate surface area is 94.7 Å². The molecule has 0 bridgehead atoms. The highest BCUT2D eigenvalue weighted by molar-refractivity contribution is 6.33. The molecule has 0 spiro atoms. The molecule has 2 atom stereocenters. The summed E-state index contributed by atoms with van der Waals surface area (Å²) in [5.41, 5.74) is 1.02. The Balaban J connectivity index is 2.15. The molecule has 1 fully saturated rings. The SMILES string of the molecule is CC1CN(c2ccncc2Cl)CCC1O. The van der Waals surface area contributed by atoms with Gasteiger partial charge >= 0.3 is 0 Å². The molecule has 0 aliphatic carbocycles. The Morgan fingerprint density at radius 1 is 1.60 bits per heavy atom. The smallest absolute Gasteiger partial charge is 0.0822 e. The minimum absolute atomic E-state index is 0.179. The molecule has 0 saturated carbocycles. The van der Waals surface area contributed by atoms with Crippen molar-refractivity contribution in [3.8, 4) is 0 Å². The summed E-state index contributed by atoms with van der Waals surface area (Å²) in [4.78, 5) is 6.18. The third-order valence-corrected chi connectivity index (χ3v) is 3.24. The molecule has 1 aromatic rings. The number of hydrogen-bond acceptors (Lipinski definition) is 3. The van der Waals surface area contributed by atoms with Gasteiger partial charge in [-0.15, -0.1) is 0 Å². The maximum absolute atomic E-state index is 9.64. The van der Waals surface area contributed by atoms with Gasteiger partial charge in [-0.2, -0.15) is 0 Å². The number of piperidine rings is 1. The molecule has 1 N–H and O–H groups in total. The van der Waals surface area contributed by atoms with E-state index in [1.54, 1.807) is 12.4 Å². The van der Waals surface area contributed by atoms with Gasteiger partial charge < -0.3 is 10.0 Å². The molecular weight excluding hydrogens is 212 g/mol. The highest BCUT2D eigenvalue weighted by Gasteiger charge is 2.25. The van der Waals surface area contributed by atoms with Gasteiger partial charge in [-0.25, -0.2) is 0 Å². The predicted molar refractivity (Wildman–Crippen MR) is 61.2 cm³/mol. The number of aliphatic hydroxyl groups is 1. The van der Waals surface area contributed by atoms with Gasteiger partial charge in [0.05, 0.1) is 16.8 Å². The second-order valence-corrected chi connectivity index (χ2v) is 4.51. The van der Waals surface area contributed by atoms with Gasteiger partial charge in [0, 0.05) is 25.5 Å². The van der Waals surface area contributed by atoms with E-state index < -0.39 is 0 Å². The van der Waals surface area contributed by atoms with Crippen LogP contribution in [0.1, 0.15) is 13.3 Å². The molecule has 82 valence electrons. The average Bonchev–Trinajstić information content (AvgIpc) is 2.23. The maximum atomic E-state index is 9.64. The summed E-state index contributed by atoms with van der Waals surface area (Å²) in [7, 11) is 0. The molecule has 2 rings (SSSR count). The van der Waals surface area contributed by atoms with E-state index in [-0.39, 0.29) is 6.10 Å². The lowest BCUT2D eigenvalue weighted by Crippen LogP contribution is -2.42. The van der Waals surface area contributed by atoms with Crippen LogP contribution in [0.25, 0.3) is 0 Å². The van der Waals surface area contributed by atoms with Gasteiger partial charge in [0.15, 0.2) is 0 Å². The number of rotatable bonds is 1. The molecular formula is C11H15ClN2O. The number of anilines is 1. The molecule has 1 saturated heterocycles. The molecule has 0 aromatic carbocycles. The topological polar surface area (TPSA) is 36.4 Å². The third-order valence-electron chi connectivity index (χ3n) is 2.95. The summed E-state index contributed by atoms with van der Waals surface area (Å²) in [5, 5.41) is 10.3. The Morgan fingerprint density at radius 3 is 3.07 bits per heavy atom. The lowest BCUT2D eigenvalue weighted by Gasteiger charge is -2.36. The van der Waals surface area contributed by atoms with Gasteiger partial charge in [0.1, 0.15) is 0 Å². The summed E-state index contributed by atoms with van der Waals surface area (Å²) >= 11 is 6.08. The lowest BCUT2D eigenvalue weighted by atomic mass is 9.96. The van der Waals surface area contributed by atoms with Crippen molar-refractivity contribution in [2.75, 3.05) is 18.0 Å². The number of hydrogen-bond donors (Lipinski definition) is 1. The summed E-state index contributed by atoms with van der Waals surface area (Å²) in [6.45, 7) is 3.77. The van der Waals surface area contributed by atoms with Crippen molar-refractivity contribution in [1.29, 1.82) is 0 Å². The lowest BCUT2D eigenvalue weighted by molar-refractivity contribution is 0.0971. The molecule has 1 aliphatic rings. The second kappa shape index (κ2) is 4.37. The minimum atomic E-state index is -0.179. The van der Waals surface area contributed by atoms with Gasteiger partial charge in [-0.1, -0.05) is 18.5 Å². The molecule has 3 nitrogen and oxygen atoms in total. The fourth-order valence-electron chi connectivity index (χ4n) is 1.98. The van der Waals surface area contributed by atoms with Crippen LogP contribution >= 0.6 is 11.6 Å². The van der Waals surface area contributed by atoms with Crippen LogP contribution in [0.5, 0.6) is 0 Å². The minimum Gasteiger partial charge on any atom is -0.393 e. The number of nitrogens with zero attached hydrogens (tertiary/aromatic N) is 2. The highest BCUT2D eigenvalue weighted by Crippen LogP contribution is 2.28. The Kier molecular flexibility index (Phi) is 3.12. The summed E-state index contributed by atoms with van der Waals surface area (Å²) in [6, 6.07) is 1.92. The van der Waals surface area contributed by atoms with Crippen molar-refractivity contribution >= 4 is 17.3 Å². The number of halogens is 1. The van der Waals surface area contributed by atoms with Crippen molar-refractivity contribution < 1.29 is 5.11 Å².